The van der Waals surface area contributed by atoms with Crippen LogP contribution in [0.3, 0.4) is 0 Å². The van der Waals surface area contributed by atoms with Crippen molar-refractivity contribution in [3.8, 4) is 0 Å². The van der Waals surface area contributed by atoms with E-state index in [4.69, 9.17) is 5.11 Å². The highest BCUT2D eigenvalue weighted by Gasteiger charge is 1.89. The lowest BCUT2D eigenvalue weighted by Gasteiger charge is -2.00. The molecule has 0 heterocycles. The maximum atomic E-state index is 8.58. The van der Waals surface area contributed by atoms with Gasteiger partial charge in [0.05, 0.1) is 0 Å². The number of nitrogens with one attached hydrogen (secondary N) is 2. The molecule has 0 aliphatic rings. The molecule has 1 aromatic rings. The molecular weight excluding hydrogens is 248 g/mol. The Balaban J connectivity index is 2.51. The van der Waals surface area contributed by atoms with E-state index in [0.29, 0.717) is 6.54 Å². The molecule has 3 nitrogen and oxygen atoms in total. The fourth-order valence-corrected chi connectivity index (χ4v) is 1.60. The number of allylic oxidation sites excluding steroid dienone is 5. The first kappa shape index (κ1) is 15.9. The molecule has 106 valence electrons. The van der Waals surface area contributed by atoms with Gasteiger partial charge in [0.15, 0.2) is 12.8 Å². The summed E-state index contributed by atoms with van der Waals surface area (Å²) < 4.78 is 0. The summed E-state index contributed by atoms with van der Waals surface area (Å²) in [6.45, 7) is 2.80. The Morgan fingerprint density at radius 3 is 2.60 bits per heavy atom. The number of hydrogen-bond donors (Lipinski definition) is 3. The van der Waals surface area contributed by atoms with Gasteiger partial charge < -0.3 is 10.4 Å². The lowest BCUT2D eigenvalue weighted by molar-refractivity contribution is -0.454. The first-order chi connectivity index (χ1) is 9.76. The van der Waals surface area contributed by atoms with Crippen LogP contribution in [0.5, 0.6) is 0 Å². The zero-order valence-electron chi connectivity index (χ0n) is 12.1. The molecule has 0 aliphatic heterocycles. The highest BCUT2D eigenvalue weighted by molar-refractivity contribution is 5.66. The minimum atomic E-state index is 0.147. The quantitative estimate of drug-likeness (QED) is 0.518. The Morgan fingerprint density at radius 2 is 1.95 bits per heavy atom. The van der Waals surface area contributed by atoms with Gasteiger partial charge in [0.25, 0.3) is 0 Å². The average Bonchev–Trinajstić information content (AvgIpc) is 2.47. The van der Waals surface area contributed by atoms with Gasteiger partial charge in [-0.2, -0.15) is 0 Å². The van der Waals surface area contributed by atoms with Gasteiger partial charge >= 0.3 is 0 Å². The number of hydrogen-bond acceptors (Lipinski definition) is 2. The molecule has 0 radical (unpaired) electrons. The molecule has 0 atom stereocenters. The van der Waals surface area contributed by atoms with E-state index >= 15 is 0 Å². The van der Waals surface area contributed by atoms with Gasteiger partial charge in [0, 0.05) is 18.8 Å². The van der Waals surface area contributed by atoms with Gasteiger partial charge in [-0.3, -0.25) is 0 Å². The number of anilines is 1. The lowest BCUT2D eigenvalue weighted by atomic mass is 10.1. The summed E-state index contributed by atoms with van der Waals surface area (Å²) in [5, 5.41) is 11.7. The molecule has 0 bridgehead atoms. The van der Waals surface area contributed by atoms with Crippen LogP contribution >= 0.6 is 0 Å². The van der Waals surface area contributed by atoms with E-state index < -0.39 is 0 Å². The molecule has 3 heteroatoms. The van der Waals surface area contributed by atoms with Crippen molar-refractivity contribution in [2.45, 2.75) is 6.92 Å². The molecule has 0 aromatic heterocycles. The second-order valence-corrected chi connectivity index (χ2v) is 4.35. The summed E-state index contributed by atoms with van der Waals surface area (Å²) in [7, 11) is 1.91. The summed E-state index contributed by atoms with van der Waals surface area (Å²) in [5.74, 6) is 0. The lowest BCUT2D eigenvalue weighted by Crippen LogP contribution is -2.69. The first-order valence-electron chi connectivity index (χ1n) is 6.73. The van der Waals surface area contributed by atoms with Crippen molar-refractivity contribution >= 4 is 18.0 Å². The summed E-state index contributed by atoms with van der Waals surface area (Å²) in [4.78, 5) is 2.96. The first-order valence-corrected chi connectivity index (χ1v) is 6.73. The predicted molar refractivity (Wildman–Crippen MR) is 86.9 cm³/mol. The predicted octanol–water partition coefficient (Wildman–Crippen LogP) is 1.39. The summed E-state index contributed by atoms with van der Waals surface area (Å²) in [5.41, 5.74) is 3.49. The summed E-state index contributed by atoms with van der Waals surface area (Å²) in [6.07, 6.45) is 11.9. The van der Waals surface area contributed by atoms with Crippen LogP contribution in [0, 0.1) is 0 Å². The second-order valence-electron chi connectivity index (χ2n) is 4.35. The number of benzene rings is 1. The summed E-state index contributed by atoms with van der Waals surface area (Å²) in [6, 6.07) is 8.30. The topological polar surface area (TPSA) is 46.2 Å². The standard InChI is InChI=1S/C17H22N2O/c1-15(6-4-3-5-11-19-12-13-20)14-16-7-9-17(18-2)10-8-16/h3-11,14,18,20H,12-13H2,1-2H3/p+1/b5-3-,6-4+,15-14+,19-11?. The molecule has 0 amide bonds. The molecule has 0 spiro atoms. The molecule has 0 saturated heterocycles. The molecule has 0 saturated carbocycles. The van der Waals surface area contributed by atoms with E-state index in [9.17, 15) is 0 Å². The van der Waals surface area contributed by atoms with Crippen molar-refractivity contribution < 1.29 is 10.1 Å². The molecule has 3 N–H and O–H groups in total. The van der Waals surface area contributed by atoms with E-state index in [2.05, 4.69) is 53.7 Å². The zero-order chi connectivity index (χ0) is 14.6. The van der Waals surface area contributed by atoms with Gasteiger partial charge in [-0.15, -0.1) is 0 Å². The number of aliphatic hydroxyl groups is 1. The van der Waals surface area contributed by atoms with Gasteiger partial charge in [0.1, 0.15) is 6.61 Å². The van der Waals surface area contributed by atoms with Gasteiger partial charge in [-0.1, -0.05) is 42.0 Å². The maximum Gasteiger partial charge on any atom is 0.163 e. The van der Waals surface area contributed by atoms with E-state index in [0.717, 1.165) is 5.69 Å². The molecule has 20 heavy (non-hydrogen) atoms. The van der Waals surface area contributed by atoms with E-state index in [1.165, 1.54) is 11.1 Å². The Labute approximate surface area is 121 Å². The van der Waals surface area contributed by atoms with Crippen LogP contribution in [-0.4, -0.2) is 31.5 Å². The molecule has 1 aromatic carbocycles. The third-order valence-electron chi connectivity index (χ3n) is 2.65. The maximum absolute atomic E-state index is 8.58. The van der Waals surface area contributed by atoms with Gasteiger partial charge in [-0.05, 0) is 24.6 Å². The van der Waals surface area contributed by atoms with Gasteiger partial charge in [-0.25, -0.2) is 4.99 Å². The zero-order valence-corrected chi connectivity index (χ0v) is 12.1. The number of aliphatic hydroxyl groups excluding tert-OH is 1. The Bertz CT molecular complexity index is 496. The van der Waals surface area contributed by atoms with Crippen molar-refractivity contribution in [1.82, 2.24) is 0 Å². The van der Waals surface area contributed by atoms with E-state index in [1.807, 2.05) is 31.5 Å². The van der Waals surface area contributed by atoms with E-state index in [-0.39, 0.29) is 6.61 Å². The van der Waals surface area contributed by atoms with E-state index in [1.54, 1.807) is 0 Å². The van der Waals surface area contributed by atoms with Crippen molar-refractivity contribution in [3.05, 3.63) is 59.7 Å². The summed E-state index contributed by atoms with van der Waals surface area (Å²) >= 11 is 0. The smallest absolute Gasteiger partial charge is 0.163 e. The highest BCUT2D eigenvalue weighted by Crippen LogP contribution is 2.12. The minimum absolute atomic E-state index is 0.147. The fourth-order valence-electron chi connectivity index (χ4n) is 1.60. The third kappa shape index (κ3) is 6.71. The molecule has 0 unspecified atom stereocenters. The number of rotatable bonds is 7. The molecular formula is C17H23N2O+. The minimum Gasteiger partial charge on any atom is -0.390 e. The van der Waals surface area contributed by atoms with Crippen LogP contribution in [0.4, 0.5) is 5.69 Å². The normalized spacial score (nSPS) is 12.8. The Morgan fingerprint density at radius 1 is 1.20 bits per heavy atom. The van der Waals surface area contributed by atoms with Crippen LogP contribution in [0.15, 0.2) is 54.1 Å². The molecule has 1 rings (SSSR count). The SMILES string of the molecule is CNc1ccc(/C=C(C)/C=C/C=C\C=[NH+]CCO)cc1. The van der Waals surface area contributed by atoms with Crippen molar-refractivity contribution in [2.75, 3.05) is 25.5 Å². The Hall–Kier alpha value is -2.13. The average molecular weight is 271 g/mol. The van der Waals surface area contributed by atoms with Crippen molar-refractivity contribution in [3.63, 3.8) is 0 Å². The van der Waals surface area contributed by atoms with Crippen LogP contribution in [0.25, 0.3) is 6.08 Å². The second kappa shape index (κ2) is 9.75. The van der Waals surface area contributed by atoms with Crippen LogP contribution in [-0.2, 0) is 0 Å². The van der Waals surface area contributed by atoms with Crippen LogP contribution < -0.4 is 10.3 Å². The largest absolute Gasteiger partial charge is 0.390 e. The van der Waals surface area contributed by atoms with Crippen LogP contribution in [0.2, 0.25) is 0 Å². The Kier molecular flexibility index (Phi) is 7.77. The van der Waals surface area contributed by atoms with Crippen LogP contribution in [0.1, 0.15) is 12.5 Å². The third-order valence-corrected chi connectivity index (χ3v) is 2.65. The highest BCUT2D eigenvalue weighted by atomic mass is 16.3. The van der Waals surface area contributed by atoms with Crippen molar-refractivity contribution in [2.24, 2.45) is 0 Å². The van der Waals surface area contributed by atoms with Gasteiger partial charge in [0.2, 0.25) is 0 Å². The van der Waals surface area contributed by atoms with Crippen molar-refractivity contribution in [1.29, 1.82) is 0 Å². The molecule has 0 fully saturated rings. The molecule has 0 aliphatic carbocycles. The fraction of sp³-hybridized carbons (Fsp3) is 0.235. The monoisotopic (exact) mass is 271 g/mol.